The molecule has 10 nitrogen and oxygen atoms in total. The lowest BCUT2D eigenvalue weighted by atomic mass is 10.1. The number of nitrogens with zero attached hydrogens (tertiary/aromatic N) is 2. The molecule has 0 atom stereocenters. The molecule has 0 bridgehead atoms. The number of hydrogen-bond donors (Lipinski definition) is 4. The summed E-state index contributed by atoms with van der Waals surface area (Å²) in [5.74, 6) is 1.07. The van der Waals surface area contributed by atoms with Gasteiger partial charge in [0.15, 0.2) is 5.82 Å². The number of amides is 1. The van der Waals surface area contributed by atoms with Crippen molar-refractivity contribution < 1.29 is 17.9 Å². The number of carbonyl (C=O) groups excluding carboxylic acids is 1. The van der Waals surface area contributed by atoms with E-state index in [4.69, 9.17) is 30.5 Å². The van der Waals surface area contributed by atoms with Crippen LogP contribution >= 0.6 is 11.6 Å². The number of anilines is 5. The number of nitrogens with two attached hydrogens (primary N) is 1. The van der Waals surface area contributed by atoms with Crippen molar-refractivity contribution in [2.75, 3.05) is 30.1 Å². The fourth-order valence-electron chi connectivity index (χ4n) is 3.01. The normalized spacial score (nSPS) is 9.88. The minimum Gasteiger partial charge on any atom is -0.495 e. The SMILES string of the molecule is CNc1cc(C)ccc1Nc1nc(Nc2cc(CCC(N)=O)ccc2OC)ncc1Cl.O=S=O. The topological polar surface area (TPSA) is 148 Å². The molecule has 0 saturated heterocycles. The molecule has 34 heavy (non-hydrogen) atoms. The summed E-state index contributed by atoms with van der Waals surface area (Å²) in [4.78, 5) is 19.9. The zero-order valence-electron chi connectivity index (χ0n) is 18.8. The van der Waals surface area contributed by atoms with Gasteiger partial charge in [-0.1, -0.05) is 23.7 Å². The highest BCUT2D eigenvalue weighted by Crippen LogP contribution is 2.32. The highest BCUT2D eigenvalue weighted by molar-refractivity contribution is 7.51. The molecule has 0 radical (unpaired) electrons. The van der Waals surface area contributed by atoms with Gasteiger partial charge in [-0.3, -0.25) is 4.79 Å². The average Bonchev–Trinajstić information content (AvgIpc) is 2.81. The molecular formula is C22H25ClN6O4S. The summed E-state index contributed by atoms with van der Waals surface area (Å²) in [5.41, 5.74) is 9.76. The molecule has 0 saturated carbocycles. The molecule has 0 spiro atoms. The zero-order chi connectivity index (χ0) is 25.1. The van der Waals surface area contributed by atoms with Crippen LogP contribution in [0.3, 0.4) is 0 Å². The van der Waals surface area contributed by atoms with Gasteiger partial charge in [-0.15, -0.1) is 0 Å². The van der Waals surface area contributed by atoms with Gasteiger partial charge < -0.3 is 26.4 Å². The maximum Gasteiger partial charge on any atom is 0.335 e. The Bertz CT molecular complexity index is 1190. The molecule has 3 rings (SSSR count). The number of aromatic nitrogens is 2. The van der Waals surface area contributed by atoms with Crippen LogP contribution in [0, 0.1) is 6.92 Å². The first kappa shape index (κ1) is 26.6. The highest BCUT2D eigenvalue weighted by Gasteiger charge is 2.12. The van der Waals surface area contributed by atoms with E-state index in [2.05, 4.69) is 25.9 Å². The number of hydrogen-bond acceptors (Lipinski definition) is 9. The van der Waals surface area contributed by atoms with Gasteiger partial charge in [-0.25, -0.2) is 4.98 Å². The first-order valence-corrected chi connectivity index (χ1v) is 11.1. The van der Waals surface area contributed by atoms with Crippen molar-refractivity contribution in [3.63, 3.8) is 0 Å². The number of nitrogens with one attached hydrogen (secondary N) is 3. The van der Waals surface area contributed by atoms with Crippen molar-refractivity contribution in [1.29, 1.82) is 0 Å². The van der Waals surface area contributed by atoms with Gasteiger partial charge in [0, 0.05) is 13.5 Å². The molecule has 0 aliphatic carbocycles. The molecule has 1 heterocycles. The molecule has 2 aromatic carbocycles. The minimum absolute atomic E-state index is 0.266. The number of benzene rings is 2. The monoisotopic (exact) mass is 504 g/mol. The summed E-state index contributed by atoms with van der Waals surface area (Å²) in [7, 11) is 3.43. The molecule has 1 aromatic heterocycles. The van der Waals surface area contributed by atoms with Gasteiger partial charge in [0.1, 0.15) is 10.8 Å². The number of ether oxygens (including phenoxy) is 1. The summed E-state index contributed by atoms with van der Waals surface area (Å²) in [6.45, 7) is 2.02. The van der Waals surface area contributed by atoms with Crippen LogP contribution in [0.5, 0.6) is 5.75 Å². The van der Waals surface area contributed by atoms with Crippen molar-refractivity contribution in [3.05, 3.63) is 58.7 Å². The fraction of sp³-hybridized carbons (Fsp3) is 0.227. The number of rotatable bonds is 9. The van der Waals surface area contributed by atoms with E-state index in [9.17, 15) is 4.79 Å². The minimum atomic E-state index is -0.750. The van der Waals surface area contributed by atoms with E-state index in [0.717, 1.165) is 22.5 Å². The van der Waals surface area contributed by atoms with Crippen molar-refractivity contribution in [2.45, 2.75) is 19.8 Å². The molecule has 180 valence electrons. The number of methoxy groups -OCH3 is 1. The van der Waals surface area contributed by atoms with E-state index in [0.29, 0.717) is 34.6 Å². The Kier molecular flexibility index (Phi) is 10.2. The quantitative estimate of drug-likeness (QED) is 0.342. The van der Waals surface area contributed by atoms with Crippen LogP contribution < -0.4 is 26.4 Å². The maximum absolute atomic E-state index is 11.1. The molecule has 5 N–H and O–H groups in total. The van der Waals surface area contributed by atoms with Gasteiger partial charge in [0.05, 0.1) is 30.4 Å². The Morgan fingerprint density at radius 1 is 1.12 bits per heavy atom. The molecular weight excluding hydrogens is 480 g/mol. The largest absolute Gasteiger partial charge is 0.495 e. The Labute approximate surface area is 205 Å². The lowest BCUT2D eigenvalue weighted by Crippen LogP contribution is -2.11. The summed E-state index contributed by atoms with van der Waals surface area (Å²) in [5, 5.41) is 9.96. The molecule has 3 aromatic rings. The Hall–Kier alpha value is -3.70. The summed E-state index contributed by atoms with van der Waals surface area (Å²) in [6, 6.07) is 11.6. The molecule has 12 heteroatoms. The van der Waals surface area contributed by atoms with E-state index in [1.54, 1.807) is 7.11 Å². The number of aryl methyl sites for hydroxylation is 2. The lowest BCUT2D eigenvalue weighted by molar-refractivity contribution is -0.117. The number of primary amides is 1. The second-order valence-electron chi connectivity index (χ2n) is 7.01. The van der Waals surface area contributed by atoms with Gasteiger partial charge in [-0.2, -0.15) is 13.4 Å². The molecule has 0 aliphatic rings. The van der Waals surface area contributed by atoms with E-state index >= 15 is 0 Å². The van der Waals surface area contributed by atoms with Crippen LogP contribution in [0.4, 0.5) is 28.8 Å². The molecule has 0 unspecified atom stereocenters. The number of halogens is 1. The van der Waals surface area contributed by atoms with Crippen LogP contribution in [-0.4, -0.2) is 38.5 Å². The first-order chi connectivity index (χ1) is 16.3. The van der Waals surface area contributed by atoms with E-state index in [1.165, 1.54) is 6.20 Å². The van der Waals surface area contributed by atoms with Crippen molar-refractivity contribution >= 4 is 57.9 Å². The smallest absolute Gasteiger partial charge is 0.335 e. The molecule has 1 amide bonds. The van der Waals surface area contributed by atoms with Crippen LogP contribution in [0.15, 0.2) is 42.6 Å². The average molecular weight is 505 g/mol. The Morgan fingerprint density at radius 3 is 2.50 bits per heavy atom. The fourth-order valence-corrected chi connectivity index (χ4v) is 3.15. The molecule has 0 aliphatic heterocycles. The Balaban J connectivity index is 0.00000129. The van der Waals surface area contributed by atoms with Crippen LogP contribution in [0.25, 0.3) is 0 Å². The van der Waals surface area contributed by atoms with Crippen LogP contribution in [-0.2, 0) is 22.8 Å². The van der Waals surface area contributed by atoms with Crippen LogP contribution in [0.1, 0.15) is 17.5 Å². The van der Waals surface area contributed by atoms with Crippen molar-refractivity contribution in [3.8, 4) is 5.75 Å². The second-order valence-corrected chi connectivity index (χ2v) is 7.55. The van der Waals surface area contributed by atoms with E-state index in [-0.39, 0.29) is 12.3 Å². The van der Waals surface area contributed by atoms with Crippen LogP contribution in [0.2, 0.25) is 5.02 Å². The third kappa shape index (κ3) is 7.71. The van der Waals surface area contributed by atoms with Gasteiger partial charge in [0.25, 0.3) is 0 Å². The van der Waals surface area contributed by atoms with Crippen molar-refractivity contribution in [1.82, 2.24) is 9.97 Å². The van der Waals surface area contributed by atoms with Gasteiger partial charge >= 0.3 is 11.6 Å². The van der Waals surface area contributed by atoms with E-state index < -0.39 is 11.6 Å². The third-order valence-electron chi connectivity index (χ3n) is 4.61. The summed E-state index contributed by atoms with van der Waals surface area (Å²) >= 11 is 5.58. The summed E-state index contributed by atoms with van der Waals surface area (Å²) < 4.78 is 22.0. The third-order valence-corrected chi connectivity index (χ3v) is 4.89. The predicted octanol–water partition coefficient (Wildman–Crippen LogP) is 3.72. The Morgan fingerprint density at radius 2 is 1.85 bits per heavy atom. The zero-order valence-corrected chi connectivity index (χ0v) is 20.4. The highest BCUT2D eigenvalue weighted by atomic mass is 35.5. The summed E-state index contributed by atoms with van der Waals surface area (Å²) in [6.07, 6.45) is 2.32. The second kappa shape index (κ2) is 13.1. The van der Waals surface area contributed by atoms with Crippen molar-refractivity contribution in [2.24, 2.45) is 5.73 Å². The van der Waals surface area contributed by atoms with E-state index in [1.807, 2.05) is 50.4 Å². The number of carbonyl (C=O) groups is 1. The standard InChI is InChI=1S/C22H25ClN6O2.O2S/c1-13-4-7-16(17(10-13)25-2)27-21-15(23)12-26-22(29-21)28-18-11-14(6-9-20(24)30)5-8-19(18)31-3;1-3-2/h4-5,7-8,10-12,25H,6,9H2,1-3H3,(H2,24,30)(H2,26,27,28,29);. The lowest BCUT2D eigenvalue weighted by Gasteiger charge is -2.15. The maximum atomic E-state index is 11.1. The first-order valence-electron chi connectivity index (χ1n) is 10.0. The molecule has 0 fully saturated rings. The van der Waals surface area contributed by atoms with Gasteiger partial charge in [0.2, 0.25) is 11.9 Å². The predicted molar refractivity (Wildman–Crippen MR) is 134 cm³/mol. The van der Waals surface area contributed by atoms with Gasteiger partial charge in [-0.05, 0) is 48.7 Å².